The average molecular weight is 261 g/mol. The molecule has 0 N–H and O–H groups in total. The third-order valence-corrected chi connectivity index (χ3v) is 5.19. The van der Waals surface area contributed by atoms with Gasteiger partial charge >= 0.3 is 5.97 Å². The number of esters is 1. The third-order valence-electron chi connectivity index (χ3n) is 4.00. The van der Waals surface area contributed by atoms with Gasteiger partial charge in [-0.2, -0.15) is 0 Å². The highest BCUT2D eigenvalue weighted by atomic mass is 79.9. The van der Waals surface area contributed by atoms with Gasteiger partial charge in [-0.1, -0.05) is 22.4 Å². The van der Waals surface area contributed by atoms with Crippen LogP contribution in [0.4, 0.5) is 0 Å². The Morgan fingerprint density at radius 2 is 1.79 bits per heavy atom. The van der Waals surface area contributed by atoms with E-state index in [2.05, 4.69) is 15.9 Å². The van der Waals surface area contributed by atoms with Gasteiger partial charge in [-0.05, 0) is 38.5 Å². The van der Waals surface area contributed by atoms with Crippen molar-refractivity contribution in [1.29, 1.82) is 0 Å². The number of hydrogen-bond donors (Lipinski definition) is 0. The third kappa shape index (κ3) is 1.60. The van der Waals surface area contributed by atoms with Gasteiger partial charge in [0.2, 0.25) is 0 Å². The number of halogens is 1. The number of carbonyl (C=O) groups is 1. The molecule has 0 amide bonds. The fraction of sp³-hybridized carbons (Fsp3) is 0.909. The van der Waals surface area contributed by atoms with Crippen LogP contribution in [0, 0.1) is 5.41 Å². The van der Waals surface area contributed by atoms with Gasteiger partial charge < -0.3 is 4.74 Å². The molecular formula is C11H17BrO2. The summed E-state index contributed by atoms with van der Waals surface area (Å²) in [5, 5.41) is 0. The van der Waals surface area contributed by atoms with Crippen molar-refractivity contribution in [2.45, 2.75) is 49.3 Å². The van der Waals surface area contributed by atoms with E-state index in [0.717, 1.165) is 38.5 Å². The molecule has 0 aromatic carbocycles. The fourth-order valence-corrected chi connectivity index (χ4v) is 3.62. The minimum atomic E-state index is -0.136. The van der Waals surface area contributed by atoms with Gasteiger partial charge in [-0.25, -0.2) is 0 Å². The van der Waals surface area contributed by atoms with Crippen LogP contribution in [0.25, 0.3) is 0 Å². The van der Waals surface area contributed by atoms with Crippen LogP contribution in [-0.2, 0) is 9.53 Å². The molecule has 3 aliphatic rings. The zero-order valence-corrected chi connectivity index (χ0v) is 10.2. The summed E-state index contributed by atoms with van der Waals surface area (Å²) in [6, 6.07) is 0. The molecule has 3 saturated carbocycles. The lowest BCUT2D eigenvalue weighted by molar-refractivity contribution is -0.155. The van der Waals surface area contributed by atoms with Gasteiger partial charge in [-0.15, -0.1) is 0 Å². The second kappa shape index (κ2) is 3.51. The molecule has 2 nitrogen and oxygen atoms in total. The van der Waals surface area contributed by atoms with Crippen LogP contribution in [0.2, 0.25) is 0 Å². The lowest BCUT2D eigenvalue weighted by atomic mass is 9.71. The summed E-state index contributed by atoms with van der Waals surface area (Å²) < 4.78 is 5.28. The van der Waals surface area contributed by atoms with Gasteiger partial charge in [-0.3, -0.25) is 4.79 Å². The van der Waals surface area contributed by atoms with Crippen LogP contribution >= 0.6 is 15.9 Å². The van der Waals surface area contributed by atoms with Crippen LogP contribution < -0.4 is 0 Å². The van der Waals surface area contributed by atoms with Crippen molar-refractivity contribution in [2.24, 2.45) is 5.41 Å². The summed E-state index contributed by atoms with van der Waals surface area (Å²) >= 11 is 3.83. The monoisotopic (exact) mass is 260 g/mol. The van der Waals surface area contributed by atoms with E-state index >= 15 is 0 Å². The van der Waals surface area contributed by atoms with Crippen LogP contribution in [0.5, 0.6) is 0 Å². The molecule has 14 heavy (non-hydrogen) atoms. The summed E-state index contributed by atoms with van der Waals surface area (Å²) in [6.45, 7) is 0. The predicted molar refractivity (Wildman–Crippen MR) is 58.4 cm³/mol. The Morgan fingerprint density at radius 3 is 2.36 bits per heavy atom. The maximum Gasteiger partial charge on any atom is 0.311 e. The number of alkyl halides is 1. The van der Waals surface area contributed by atoms with E-state index in [1.54, 1.807) is 0 Å². The highest BCUT2D eigenvalue weighted by molar-refractivity contribution is 9.10. The van der Waals surface area contributed by atoms with Crippen molar-refractivity contribution in [3.63, 3.8) is 0 Å². The summed E-state index contributed by atoms with van der Waals surface area (Å²) in [6.07, 6.45) is 7.65. The van der Waals surface area contributed by atoms with Crippen molar-refractivity contribution < 1.29 is 9.53 Å². The maximum absolute atomic E-state index is 11.8. The highest BCUT2D eigenvalue weighted by Gasteiger charge is 2.49. The quantitative estimate of drug-likeness (QED) is 0.535. The van der Waals surface area contributed by atoms with Crippen molar-refractivity contribution in [2.75, 3.05) is 7.11 Å². The predicted octanol–water partition coefficient (Wildman–Crippen LogP) is 3.04. The molecule has 0 heterocycles. The van der Waals surface area contributed by atoms with Crippen LogP contribution in [0.15, 0.2) is 0 Å². The van der Waals surface area contributed by atoms with Crippen molar-refractivity contribution in [1.82, 2.24) is 0 Å². The van der Waals surface area contributed by atoms with Crippen LogP contribution in [0.3, 0.4) is 0 Å². The standard InChI is InChI=1S/C11H17BrO2/c1-14-9(13)10-3-2-4-11(12,7-5-10)8-6-10/h2-8H2,1H3. The first kappa shape index (κ1) is 10.5. The molecule has 0 aromatic rings. The Bertz CT molecular complexity index is 242. The van der Waals surface area contributed by atoms with Crippen LogP contribution in [0.1, 0.15) is 44.9 Å². The molecule has 3 fully saturated rings. The van der Waals surface area contributed by atoms with Crippen molar-refractivity contribution >= 4 is 21.9 Å². The van der Waals surface area contributed by atoms with E-state index in [1.807, 2.05) is 0 Å². The largest absolute Gasteiger partial charge is 0.469 e. The Labute approximate surface area is 93.5 Å². The molecule has 0 aromatic heterocycles. The smallest absolute Gasteiger partial charge is 0.311 e. The second-order valence-corrected chi connectivity index (χ2v) is 6.46. The first-order valence-corrected chi connectivity index (χ1v) is 6.17. The first-order valence-electron chi connectivity index (χ1n) is 5.38. The summed E-state index contributed by atoms with van der Waals surface area (Å²) in [7, 11) is 1.51. The molecule has 3 heteroatoms. The zero-order chi connectivity index (χ0) is 10.2. The highest BCUT2D eigenvalue weighted by Crippen LogP contribution is 2.53. The number of fused-ring (bicyclic) bond motifs is 4. The fourth-order valence-electron chi connectivity index (χ4n) is 2.94. The molecule has 2 bridgehead atoms. The Balaban J connectivity index is 2.19. The van der Waals surface area contributed by atoms with Crippen LogP contribution in [-0.4, -0.2) is 17.4 Å². The lowest BCUT2D eigenvalue weighted by Crippen LogP contribution is -2.37. The molecule has 3 rings (SSSR count). The van der Waals surface area contributed by atoms with E-state index in [4.69, 9.17) is 4.74 Å². The maximum atomic E-state index is 11.8. The number of carbonyl (C=O) groups excluding carboxylic acids is 1. The summed E-state index contributed by atoms with van der Waals surface area (Å²) in [5.41, 5.74) is -0.136. The van der Waals surface area contributed by atoms with E-state index < -0.39 is 0 Å². The SMILES string of the molecule is COC(=O)C12CCCC(Br)(CC1)CC2. The number of methoxy groups -OCH3 is 1. The van der Waals surface area contributed by atoms with Gasteiger partial charge in [0.1, 0.15) is 0 Å². The molecule has 0 spiro atoms. The zero-order valence-electron chi connectivity index (χ0n) is 8.64. The van der Waals surface area contributed by atoms with E-state index in [0.29, 0.717) is 4.32 Å². The number of rotatable bonds is 1. The topological polar surface area (TPSA) is 26.3 Å². The molecule has 0 saturated heterocycles. The molecule has 0 unspecified atom stereocenters. The van der Waals surface area contributed by atoms with Crippen molar-refractivity contribution in [3.05, 3.63) is 0 Å². The summed E-state index contributed by atoms with van der Waals surface area (Å²) in [5.74, 6) is 0.0222. The lowest BCUT2D eigenvalue weighted by Gasteiger charge is -2.37. The molecule has 80 valence electrons. The molecule has 0 radical (unpaired) electrons. The average Bonchev–Trinajstić information content (AvgIpc) is 2.46. The van der Waals surface area contributed by atoms with E-state index in [9.17, 15) is 4.79 Å². The molecular weight excluding hydrogens is 244 g/mol. The summed E-state index contributed by atoms with van der Waals surface area (Å²) in [4.78, 5) is 11.8. The first-order chi connectivity index (χ1) is 6.60. The Morgan fingerprint density at radius 1 is 1.14 bits per heavy atom. The molecule has 3 aliphatic carbocycles. The van der Waals surface area contributed by atoms with E-state index in [-0.39, 0.29) is 11.4 Å². The number of ether oxygens (including phenoxy) is 1. The minimum Gasteiger partial charge on any atom is -0.469 e. The Kier molecular flexibility index (Phi) is 2.63. The molecule has 0 atom stereocenters. The Hall–Kier alpha value is -0.0500. The van der Waals surface area contributed by atoms with E-state index in [1.165, 1.54) is 13.5 Å². The van der Waals surface area contributed by atoms with Crippen molar-refractivity contribution in [3.8, 4) is 0 Å². The van der Waals surface area contributed by atoms with Gasteiger partial charge in [0.25, 0.3) is 0 Å². The minimum absolute atomic E-state index is 0.0222. The normalized spacial score (nSPS) is 41.9. The van der Waals surface area contributed by atoms with Gasteiger partial charge in [0, 0.05) is 4.32 Å². The number of hydrogen-bond acceptors (Lipinski definition) is 2. The molecule has 0 aliphatic heterocycles. The second-order valence-electron chi connectivity index (χ2n) is 4.78. The van der Waals surface area contributed by atoms with Gasteiger partial charge in [0.05, 0.1) is 12.5 Å². The van der Waals surface area contributed by atoms with Gasteiger partial charge in [0.15, 0.2) is 0 Å².